The molecule has 0 unspecified atom stereocenters. The SMILES string of the molecule is NCc1ccc(CNC=O)c(Cl)c1. The summed E-state index contributed by atoms with van der Waals surface area (Å²) in [4.78, 5) is 10.0. The van der Waals surface area contributed by atoms with E-state index in [0.29, 0.717) is 24.5 Å². The van der Waals surface area contributed by atoms with Gasteiger partial charge in [-0.25, -0.2) is 0 Å². The molecule has 0 bridgehead atoms. The second-order valence-corrected chi connectivity index (χ2v) is 3.04. The maximum atomic E-state index is 10.0. The van der Waals surface area contributed by atoms with Gasteiger partial charge in [-0.15, -0.1) is 0 Å². The fourth-order valence-electron chi connectivity index (χ4n) is 1.01. The van der Waals surface area contributed by atoms with Crippen molar-refractivity contribution in [3.05, 3.63) is 34.3 Å². The number of rotatable bonds is 4. The smallest absolute Gasteiger partial charge is 0.207 e. The molecule has 3 nitrogen and oxygen atoms in total. The van der Waals surface area contributed by atoms with E-state index in [4.69, 9.17) is 17.3 Å². The van der Waals surface area contributed by atoms with Gasteiger partial charge in [0.05, 0.1) is 0 Å². The topological polar surface area (TPSA) is 55.1 Å². The van der Waals surface area contributed by atoms with E-state index in [9.17, 15) is 4.79 Å². The quantitative estimate of drug-likeness (QED) is 0.711. The molecule has 1 aromatic carbocycles. The zero-order valence-corrected chi connectivity index (χ0v) is 7.84. The van der Waals surface area contributed by atoms with Gasteiger partial charge in [-0.1, -0.05) is 23.7 Å². The first-order valence-electron chi connectivity index (χ1n) is 3.92. The first kappa shape index (κ1) is 10.0. The molecule has 0 aliphatic rings. The normalized spacial score (nSPS) is 9.69. The molecule has 0 spiro atoms. The van der Waals surface area contributed by atoms with Crippen LogP contribution >= 0.6 is 11.6 Å². The Labute approximate surface area is 81.9 Å². The third-order valence-corrected chi connectivity index (χ3v) is 2.08. The summed E-state index contributed by atoms with van der Waals surface area (Å²) in [6.45, 7) is 0.925. The van der Waals surface area contributed by atoms with Crippen molar-refractivity contribution >= 4 is 18.0 Å². The standard InChI is InChI=1S/C9H11ClN2O/c10-9-3-7(4-11)1-2-8(9)5-12-6-13/h1-3,6H,4-5,11H2,(H,12,13). The Kier molecular flexibility index (Phi) is 3.73. The number of carbonyl (C=O) groups excluding carboxylic acids is 1. The number of carbonyl (C=O) groups is 1. The minimum atomic E-state index is 0.452. The van der Waals surface area contributed by atoms with E-state index in [2.05, 4.69) is 5.32 Å². The third-order valence-electron chi connectivity index (χ3n) is 1.73. The molecule has 0 radical (unpaired) electrons. The molecule has 1 amide bonds. The molecule has 0 heterocycles. The second-order valence-electron chi connectivity index (χ2n) is 2.63. The van der Waals surface area contributed by atoms with E-state index in [0.717, 1.165) is 11.1 Å². The molecule has 0 aliphatic heterocycles. The average Bonchev–Trinajstić information content (AvgIpc) is 2.16. The van der Waals surface area contributed by atoms with Crippen LogP contribution in [0.5, 0.6) is 0 Å². The van der Waals surface area contributed by atoms with E-state index in [-0.39, 0.29) is 0 Å². The summed E-state index contributed by atoms with van der Waals surface area (Å²) in [6, 6.07) is 5.57. The Hall–Kier alpha value is -1.06. The van der Waals surface area contributed by atoms with Gasteiger partial charge in [-0.2, -0.15) is 0 Å². The summed E-state index contributed by atoms with van der Waals surface area (Å²) >= 11 is 5.93. The van der Waals surface area contributed by atoms with Gasteiger partial charge in [0.25, 0.3) is 0 Å². The molecule has 0 saturated heterocycles. The highest BCUT2D eigenvalue weighted by Crippen LogP contribution is 2.17. The molecule has 0 aliphatic carbocycles. The first-order chi connectivity index (χ1) is 6.27. The van der Waals surface area contributed by atoms with Crippen LogP contribution in [0, 0.1) is 0 Å². The summed E-state index contributed by atoms with van der Waals surface area (Å²) in [5, 5.41) is 3.18. The lowest BCUT2D eigenvalue weighted by Gasteiger charge is -2.04. The number of hydrogen-bond donors (Lipinski definition) is 2. The molecule has 70 valence electrons. The summed E-state index contributed by atoms with van der Waals surface area (Å²) in [5.41, 5.74) is 7.32. The van der Waals surface area contributed by atoms with Gasteiger partial charge in [0.1, 0.15) is 0 Å². The van der Waals surface area contributed by atoms with E-state index in [1.165, 1.54) is 0 Å². The van der Waals surface area contributed by atoms with Crippen LogP contribution in [-0.2, 0) is 17.9 Å². The maximum absolute atomic E-state index is 10.0. The molecule has 0 saturated carbocycles. The van der Waals surface area contributed by atoms with E-state index in [1.54, 1.807) is 0 Å². The van der Waals surface area contributed by atoms with Gasteiger partial charge in [0, 0.05) is 18.1 Å². The lowest BCUT2D eigenvalue weighted by Crippen LogP contribution is -2.10. The minimum Gasteiger partial charge on any atom is -0.355 e. The summed E-state index contributed by atoms with van der Waals surface area (Å²) in [7, 11) is 0. The van der Waals surface area contributed by atoms with Crippen molar-refractivity contribution in [2.75, 3.05) is 0 Å². The van der Waals surface area contributed by atoms with Gasteiger partial charge in [0.2, 0.25) is 6.41 Å². The van der Waals surface area contributed by atoms with Crippen molar-refractivity contribution in [2.45, 2.75) is 13.1 Å². The predicted octanol–water partition coefficient (Wildman–Crippen LogP) is 1.04. The molecule has 1 aromatic rings. The molecular weight excluding hydrogens is 188 g/mol. The summed E-state index contributed by atoms with van der Waals surface area (Å²) < 4.78 is 0. The molecule has 0 aromatic heterocycles. The Balaban J connectivity index is 2.78. The predicted molar refractivity (Wildman–Crippen MR) is 52.2 cm³/mol. The monoisotopic (exact) mass is 198 g/mol. The molecule has 13 heavy (non-hydrogen) atoms. The maximum Gasteiger partial charge on any atom is 0.207 e. The Morgan fingerprint density at radius 2 is 2.31 bits per heavy atom. The zero-order chi connectivity index (χ0) is 9.68. The minimum absolute atomic E-state index is 0.452. The van der Waals surface area contributed by atoms with Crippen LogP contribution in [-0.4, -0.2) is 6.41 Å². The Morgan fingerprint density at radius 1 is 1.54 bits per heavy atom. The molecular formula is C9H11ClN2O. The van der Waals surface area contributed by atoms with Crippen LogP contribution < -0.4 is 11.1 Å². The zero-order valence-electron chi connectivity index (χ0n) is 7.09. The van der Waals surface area contributed by atoms with Gasteiger partial charge >= 0.3 is 0 Å². The molecule has 3 N–H and O–H groups in total. The number of halogens is 1. The lowest BCUT2D eigenvalue weighted by atomic mass is 10.1. The first-order valence-corrected chi connectivity index (χ1v) is 4.30. The fraction of sp³-hybridized carbons (Fsp3) is 0.222. The highest BCUT2D eigenvalue weighted by atomic mass is 35.5. The largest absolute Gasteiger partial charge is 0.355 e. The van der Waals surface area contributed by atoms with Crippen molar-refractivity contribution in [1.29, 1.82) is 0 Å². The lowest BCUT2D eigenvalue weighted by molar-refractivity contribution is -0.109. The van der Waals surface area contributed by atoms with Crippen molar-refractivity contribution in [3.8, 4) is 0 Å². The molecule has 4 heteroatoms. The highest BCUT2D eigenvalue weighted by Gasteiger charge is 1.99. The third kappa shape index (κ3) is 2.72. The fourth-order valence-corrected chi connectivity index (χ4v) is 1.28. The summed E-state index contributed by atoms with van der Waals surface area (Å²) in [5.74, 6) is 0. The van der Waals surface area contributed by atoms with Crippen LogP contribution in [0.1, 0.15) is 11.1 Å². The Bertz CT molecular complexity index is 302. The van der Waals surface area contributed by atoms with Crippen LogP contribution in [0.15, 0.2) is 18.2 Å². The van der Waals surface area contributed by atoms with E-state index < -0.39 is 0 Å². The number of benzene rings is 1. The summed E-state index contributed by atoms with van der Waals surface area (Å²) in [6.07, 6.45) is 0.646. The molecule has 0 fully saturated rings. The van der Waals surface area contributed by atoms with Crippen LogP contribution in [0.4, 0.5) is 0 Å². The van der Waals surface area contributed by atoms with Gasteiger partial charge in [-0.3, -0.25) is 4.79 Å². The van der Waals surface area contributed by atoms with Gasteiger partial charge < -0.3 is 11.1 Å². The van der Waals surface area contributed by atoms with Crippen molar-refractivity contribution < 1.29 is 4.79 Å². The van der Waals surface area contributed by atoms with E-state index in [1.807, 2.05) is 18.2 Å². The highest BCUT2D eigenvalue weighted by molar-refractivity contribution is 6.31. The van der Waals surface area contributed by atoms with Crippen LogP contribution in [0.3, 0.4) is 0 Å². The van der Waals surface area contributed by atoms with Gasteiger partial charge in [0.15, 0.2) is 0 Å². The van der Waals surface area contributed by atoms with E-state index >= 15 is 0 Å². The second kappa shape index (κ2) is 4.84. The number of nitrogens with one attached hydrogen (secondary N) is 1. The molecule has 0 atom stereocenters. The number of nitrogens with two attached hydrogens (primary N) is 1. The Morgan fingerprint density at radius 3 is 2.85 bits per heavy atom. The number of amides is 1. The van der Waals surface area contributed by atoms with Crippen molar-refractivity contribution in [3.63, 3.8) is 0 Å². The van der Waals surface area contributed by atoms with Crippen molar-refractivity contribution in [1.82, 2.24) is 5.32 Å². The number of hydrogen-bond acceptors (Lipinski definition) is 2. The molecule has 1 rings (SSSR count). The van der Waals surface area contributed by atoms with Crippen molar-refractivity contribution in [2.24, 2.45) is 5.73 Å². The van der Waals surface area contributed by atoms with Crippen LogP contribution in [0.2, 0.25) is 5.02 Å². The van der Waals surface area contributed by atoms with Crippen LogP contribution in [0.25, 0.3) is 0 Å². The average molecular weight is 199 g/mol. The van der Waals surface area contributed by atoms with Gasteiger partial charge in [-0.05, 0) is 17.2 Å².